The van der Waals surface area contributed by atoms with Gasteiger partial charge in [-0.2, -0.15) is 4.31 Å². The Balaban J connectivity index is 1.69. The summed E-state index contributed by atoms with van der Waals surface area (Å²) < 4.78 is 28.3. The van der Waals surface area contributed by atoms with E-state index in [0.29, 0.717) is 24.9 Å². The molecule has 41 heavy (non-hydrogen) atoms. The van der Waals surface area contributed by atoms with Gasteiger partial charge in [0.2, 0.25) is 15.9 Å². The van der Waals surface area contributed by atoms with Crippen LogP contribution in [0.3, 0.4) is 0 Å². The lowest BCUT2D eigenvalue weighted by Crippen LogP contribution is -2.52. The number of benzene rings is 3. The van der Waals surface area contributed by atoms with Crippen LogP contribution in [0.25, 0.3) is 0 Å². The predicted molar refractivity (Wildman–Crippen MR) is 165 cm³/mol. The Labute approximate surface area is 244 Å². The minimum Gasteiger partial charge on any atom is -0.399 e. The summed E-state index contributed by atoms with van der Waals surface area (Å²) in [5.41, 5.74) is 14.1. The highest BCUT2D eigenvalue weighted by Crippen LogP contribution is 2.29. The fraction of sp³-hybridized carbons (Fsp3) is 0.406. The Bertz CT molecular complexity index is 1310. The molecule has 0 saturated heterocycles. The number of hydrogen-bond acceptors (Lipinski definition) is 6. The number of sulfonamides is 1. The summed E-state index contributed by atoms with van der Waals surface area (Å²) >= 11 is 0. The van der Waals surface area contributed by atoms with Crippen LogP contribution in [-0.2, 0) is 14.8 Å². The largest absolute Gasteiger partial charge is 0.399 e. The third-order valence-electron chi connectivity index (χ3n) is 7.32. The van der Waals surface area contributed by atoms with Gasteiger partial charge in [-0.3, -0.25) is 4.79 Å². The minimum absolute atomic E-state index is 0.131. The van der Waals surface area contributed by atoms with Crippen LogP contribution >= 0.6 is 0 Å². The van der Waals surface area contributed by atoms with Crippen molar-refractivity contribution < 1.29 is 18.3 Å². The molecule has 3 aromatic rings. The number of carbonyl (C=O) groups is 1. The number of aliphatic hydroxyl groups excluding tert-OH is 1. The number of hydrogen-bond donors (Lipinski definition) is 4. The lowest BCUT2D eigenvalue weighted by Gasteiger charge is -2.34. The molecule has 0 fully saturated rings. The molecule has 9 heteroatoms. The zero-order valence-electron chi connectivity index (χ0n) is 24.4. The van der Waals surface area contributed by atoms with Gasteiger partial charge in [-0.1, -0.05) is 60.7 Å². The molecule has 2 unspecified atom stereocenters. The topological polar surface area (TPSA) is 139 Å². The molecule has 0 bridgehead atoms. The second-order valence-corrected chi connectivity index (χ2v) is 13.3. The summed E-state index contributed by atoms with van der Waals surface area (Å²) in [5, 5.41) is 13.3. The lowest BCUT2D eigenvalue weighted by molar-refractivity contribution is -0.124. The van der Waals surface area contributed by atoms with Gasteiger partial charge >= 0.3 is 0 Å². The number of rotatable bonds is 14. The first-order valence-electron chi connectivity index (χ1n) is 14.0. The van der Waals surface area contributed by atoms with E-state index in [1.165, 1.54) is 16.4 Å². The Morgan fingerprint density at radius 3 is 1.90 bits per heavy atom. The van der Waals surface area contributed by atoms with E-state index in [-0.39, 0.29) is 29.4 Å². The van der Waals surface area contributed by atoms with Crippen molar-refractivity contribution in [2.45, 2.75) is 81.4 Å². The molecule has 0 spiro atoms. The molecule has 0 radical (unpaired) electrons. The van der Waals surface area contributed by atoms with Crippen LogP contribution in [0.2, 0.25) is 0 Å². The molecule has 6 N–H and O–H groups in total. The van der Waals surface area contributed by atoms with Gasteiger partial charge in [0, 0.05) is 29.2 Å². The number of nitrogens with two attached hydrogens (primary N) is 2. The van der Waals surface area contributed by atoms with E-state index in [1.54, 1.807) is 26.0 Å². The number of aliphatic hydroxyl groups is 1. The SMILES string of the molecule is CC(C)N(C(CO)CCCC(C)(C)NC(=O)C(N)C(c1ccccc1)c1ccccc1)S(=O)(=O)c1ccc(N)cc1. The first-order chi connectivity index (χ1) is 19.4. The average molecular weight is 581 g/mol. The molecular weight excluding hydrogens is 536 g/mol. The monoisotopic (exact) mass is 580 g/mol. The van der Waals surface area contributed by atoms with Gasteiger partial charge in [0.05, 0.1) is 17.5 Å². The molecule has 0 aliphatic heterocycles. The van der Waals surface area contributed by atoms with E-state index < -0.39 is 27.6 Å². The van der Waals surface area contributed by atoms with Crippen molar-refractivity contribution in [2.75, 3.05) is 12.3 Å². The maximum absolute atomic E-state index is 13.5. The van der Waals surface area contributed by atoms with Crippen LogP contribution in [-0.4, -0.2) is 54.0 Å². The first-order valence-corrected chi connectivity index (χ1v) is 15.5. The van der Waals surface area contributed by atoms with Crippen molar-refractivity contribution >= 4 is 21.6 Å². The normalized spacial score (nSPS) is 13.9. The Hall–Kier alpha value is -3.24. The number of nitrogen functional groups attached to an aromatic ring is 1. The molecule has 8 nitrogen and oxygen atoms in total. The van der Waals surface area contributed by atoms with Crippen LogP contribution in [0, 0.1) is 0 Å². The van der Waals surface area contributed by atoms with E-state index in [0.717, 1.165) is 11.1 Å². The number of nitrogens with one attached hydrogen (secondary N) is 1. The summed E-state index contributed by atoms with van der Waals surface area (Å²) in [6.07, 6.45) is 1.57. The van der Waals surface area contributed by atoms with Crippen LogP contribution in [0.5, 0.6) is 0 Å². The highest BCUT2D eigenvalue weighted by molar-refractivity contribution is 7.89. The number of amides is 1. The van der Waals surface area contributed by atoms with Gasteiger partial charge in [-0.15, -0.1) is 0 Å². The summed E-state index contributed by atoms with van der Waals surface area (Å²) in [7, 11) is -3.86. The molecule has 1 amide bonds. The summed E-state index contributed by atoms with van der Waals surface area (Å²) in [5.74, 6) is -0.578. The fourth-order valence-electron chi connectivity index (χ4n) is 5.29. The van der Waals surface area contributed by atoms with Gasteiger partial charge < -0.3 is 21.9 Å². The van der Waals surface area contributed by atoms with Crippen molar-refractivity contribution in [3.63, 3.8) is 0 Å². The van der Waals surface area contributed by atoms with Gasteiger partial charge in [0.15, 0.2) is 0 Å². The zero-order chi connectivity index (χ0) is 30.2. The molecule has 222 valence electrons. The molecule has 0 saturated carbocycles. The van der Waals surface area contributed by atoms with Crippen LogP contribution in [0.1, 0.15) is 64.0 Å². The average Bonchev–Trinajstić information content (AvgIpc) is 2.93. The lowest BCUT2D eigenvalue weighted by atomic mass is 9.84. The van der Waals surface area contributed by atoms with Crippen molar-refractivity contribution in [3.8, 4) is 0 Å². The van der Waals surface area contributed by atoms with Crippen molar-refractivity contribution in [2.24, 2.45) is 5.73 Å². The van der Waals surface area contributed by atoms with Crippen molar-refractivity contribution in [3.05, 3.63) is 96.1 Å². The molecule has 3 aromatic carbocycles. The molecule has 0 heterocycles. The molecule has 0 aliphatic carbocycles. The quantitative estimate of drug-likeness (QED) is 0.210. The standard InChI is InChI=1S/C32H44N4O4S/c1-23(2)36(41(39,40)28-19-17-26(33)18-20-28)27(22-37)16-11-21-32(3,4)35-31(38)30(34)29(24-12-7-5-8-13-24)25-14-9-6-10-15-25/h5-10,12-15,17-20,23,27,29-30,37H,11,16,21-22,33-34H2,1-4H3,(H,35,38). The van der Waals surface area contributed by atoms with E-state index >= 15 is 0 Å². The van der Waals surface area contributed by atoms with Gasteiger partial charge in [0.25, 0.3) is 0 Å². The Morgan fingerprint density at radius 1 is 0.927 bits per heavy atom. The fourth-order valence-corrected chi connectivity index (χ4v) is 7.14. The summed E-state index contributed by atoms with van der Waals surface area (Å²) in [4.78, 5) is 13.6. The van der Waals surface area contributed by atoms with Crippen LogP contribution in [0.4, 0.5) is 5.69 Å². The number of carbonyl (C=O) groups excluding carboxylic acids is 1. The van der Waals surface area contributed by atoms with Crippen LogP contribution < -0.4 is 16.8 Å². The van der Waals surface area contributed by atoms with E-state index in [2.05, 4.69) is 5.32 Å². The smallest absolute Gasteiger partial charge is 0.243 e. The maximum atomic E-state index is 13.5. The minimum atomic E-state index is -3.86. The van der Waals surface area contributed by atoms with E-state index in [1.807, 2.05) is 74.5 Å². The zero-order valence-corrected chi connectivity index (χ0v) is 25.2. The van der Waals surface area contributed by atoms with Crippen LogP contribution in [0.15, 0.2) is 89.8 Å². The first kappa shape index (κ1) is 32.3. The second-order valence-electron chi connectivity index (χ2n) is 11.4. The van der Waals surface area contributed by atoms with Gasteiger partial charge in [0.1, 0.15) is 0 Å². The molecule has 3 rings (SSSR count). The highest BCUT2D eigenvalue weighted by atomic mass is 32.2. The van der Waals surface area contributed by atoms with Crippen molar-refractivity contribution in [1.29, 1.82) is 0 Å². The third kappa shape index (κ3) is 8.39. The van der Waals surface area contributed by atoms with E-state index in [4.69, 9.17) is 11.5 Å². The molecular formula is C32H44N4O4S. The Morgan fingerprint density at radius 2 is 1.44 bits per heavy atom. The summed E-state index contributed by atoms with van der Waals surface area (Å²) in [6, 6.07) is 23.8. The second kappa shape index (κ2) is 14.1. The summed E-state index contributed by atoms with van der Waals surface area (Å²) in [6.45, 7) is 7.12. The Kier molecular flexibility index (Phi) is 11.1. The van der Waals surface area contributed by atoms with E-state index in [9.17, 15) is 18.3 Å². The molecule has 0 aliphatic rings. The highest BCUT2D eigenvalue weighted by Gasteiger charge is 2.35. The molecule has 0 aromatic heterocycles. The van der Waals surface area contributed by atoms with Gasteiger partial charge in [-0.05, 0) is 82.3 Å². The predicted octanol–water partition coefficient (Wildman–Crippen LogP) is 4.25. The third-order valence-corrected chi connectivity index (χ3v) is 9.46. The van der Waals surface area contributed by atoms with Gasteiger partial charge in [-0.25, -0.2) is 8.42 Å². The molecule has 2 atom stereocenters. The maximum Gasteiger partial charge on any atom is 0.243 e. The number of nitrogens with zero attached hydrogens (tertiary/aromatic N) is 1. The van der Waals surface area contributed by atoms with Crippen molar-refractivity contribution in [1.82, 2.24) is 9.62 Å². The number of anilines is 1.